The van der Waals surface area contributed by atoms with Gasteiger partial charge in [-0.15, -0.1) is 16.4 Å². The van der Waals surface area contributed by atoms with Gasteiger partial charge in [0.25, 0.3) is 0 Å². The number of β-amino-alcohol motifs (C(OH)–C–C–N with tert-alkyl or cyclic N) is 1. The Hall–Kier alpha value is -2.33. The molecule has 0 aliphatic carbocycles. The molecule has 2 aromatic heterocycles. The molecule has 140 valence electrons. The molecule has 10 heteroatoms. The lowest BCUT2D eigenvalue weighted by Gasteiger charge is -2.29. The third kappa shape index (κ3) is 3.47. The number of carbonyl (C=O) groups excluding carboxylic acids is 2. The van der Waals surface area contributed by atoms with E-state index in [4.69, 9.17) is 0 Å². The number of amides is 2. The van der Waals surface area contributed by atoms with Crippen LogP contribution in [0.3, 0.4) is 0 Å². The topological polar surface area (TPSA) is 113 Å². The summed E-state index contributed by atoms with van der Waals surface area (Å²) < 4.78 is 1.52. The second-order valence-electron chi connectivity index (χ2n) is 6.62. The van der Waals surface area contributed by atoms with Crippen molar-refractivity contribution in [2.75, 3.05) is 13.6 Å². The Labute approximate surface area is 155 Å². The summed E-state index contributed by atoms with van der Waals surface area (Å²) in [7, 11) is 1.52. The summed E-state index contributed by atoms with van der Waals surface area (Å²) in [6.07, 6.45) is 2.90. The molecule has 1 saturated heterocycles. The lowest BCUT2D eigenvalue weighted by molar-refractivity contribution is -0.142. The highest BCUT2D eigenvalue weighted by atomic mass is 32.1. The van der Waals surface area contributed by atoms with Crippen LogP contribution in [0.4, 0.5) is 0 Å². The van der Waals surface area contributed by atoms with E-state index in [1.807, 2.05) is 19.2 Å². The van der Waals surface area contributed by atoms with Gasteiger partial charge in [0.1, 0.15) is 22.8 Å². The molecule has 3 rings (SSSR count). The van der Waals surface area contributed by atoms with Crippen molar-refractivity contribution in [2.24, 2.45) is 5.92 Å². The number of hydrogen-bond donors (Lipinski definition) is 2. The molecule has 1 aliphatic rings. The fourth-order valence-corrected chi connectivity index (χ4v) is 3.79. The molecular weight excluding hydrogens is 356 g/mol. The molecule has 0 spiro atoms. The summed E-state index contributed by atoms with van der Waals surface area (Å²) in [4.78, 5) is 30.9. The molecule has 26 heavy (non-hydrogen) atoms. The minimum Gasteiger partial charge on any atom is -0.391 e. The Morgan fingerprint density at radius 2 is 2.19 bits per heavy atom. The summed E-state index contributed by atoms with van der Waals surface area (Å²) in [5.74, 6) is -0.600. The van der Waals surface area contributed by atoms with Crippen LogP contribution in [-0.4, -0.2) is 67.5 Å². The first-order valence-electron chi connectivity index (χ1n) is 8.44. The Balaban J connectivity index is 1.88. The van der Waals surface area contributed by atoms with Gasteiger partial charge in [0.05, 0.1) is 12.3 Å². The highest BCUT2D eigenvalue weighted by Crippen LogP contribution is 2.28. The third-order valence-corrected chi connectivity index (χ3v) is 5.24. The summed E-state index contributed by atoms with van der Waals surface area (Å²) in [5.41, 5.74) is 0.600. The first-order valence-corrected chi connectivity index (χ1v) is 9.32. The van der Waals surface area contributed by atoms with Gasteiger partial charge in [-0.1, -0.05) is 19.1 Å². The average molecular weight is 378 g/mol. The lowest BCUT2D eigenvalue weighted by atomic mass is 10.0. The molecule has 0 saturated carbocycles. The second-order valence-corrected chi connectivity index (χ2v) is 7.51. The fraction of sp³-hybridized carbons (Fsp3) is 0.562. The maximum atomic E-state index is 13.2. The van der Waals surface area contributed by atoms with Gasteiger partial charge in [0, 0.05) is 31.6 Å². The van der Waals surface area contributed by atoms with E-state index in [0.717, 1.165) is 5.01 Å². The molecular formula is C16H22N6O3S. The highest BCUT2D eigenvalue weighted by Gasteiger charge is 2.42. The van der Waals surface area contributed by atoms with E-state index in [1.165, 1.54) is 28.0 Å². The SMILES string of the molecule is CNC(=O)[C@@H]1C[C@@H](O)CN1C(=O)C(C(C)C)n1cc(-c2nccs2)nn1. The van der Waals surface area contributed by atoms with Crippen LogP contribution in [0.2, 0.25) is 0 Å². The van der Waals surface area contributed by atoms with Gasteiger partial charge in [0.2, 0.25) is 11.8 Å². The number of likely N-dealkylation sites (N-methyl/N-ethyl adjacent to an activating group) is 1. The molecule has 2 amide bonds. The summed E-state index contributed by atoms with van der Waals surface area (Å²) in [6, 6.07) is -1.29. The molecule has 9 nitrogen and oxygen atoms in total. The minimum atomic E-state index is -0.712. The highest BCUT2D eigenvalue weighted by molar-refractivity contribution is 7.13. The second kappa shape index (κ2) is 7.50. The Kier molecular flexibility index (Phi) is 5.33. The summed E-state index contributed by atoms with van der Waals surface area (Å²) in [6.45, 7) is 3.96. The molecule has 3 atom stereocenters. The molecule has 2 aromatic rings. The first-order chi connectivity index (χ1) is 12.4. The number of aromatic nitrogens is 4. The number of likely N-dealkylation sites (tertiary alicyclic amines) is 1. The van der Waals surface area contributed by atoms with Crippen molar-refractivity contribution in [3.63, 3.8) is 0 Å². The molecule has 3 heterocycles. The number of rotatable bonds is 5. The van der Waals surface area contributed by atoms with E-state index in [2.05, 4.69) is 20.6 Å². The van der Waals surface area contributed by atoms with Crippen LogP contribution < -0.4 is 5.32 Å². The number of aliphatic hydroxyl groups excluding tert-OH is 1. The Bertz CT molecular complexity index is 775. The molecule has 1 aliphatic heterocycles. The van der Waals surface area contributed by atoms with Crippen molar-refractivity contribution >= 4 is 23.2 Å². The number of hydrogen-bond acceptors (Lipinski definition) is 7. The van der Waals surface area contributed by atoms with Crippen molar-refractivity contribution in [1.82, 2.24) is 30.2 Å². The van der Waals surface area contributed by atoms with Crippen molar-refractivity contribution in [3.05, 3.63) is 17.8 Å². The molecule has 1 unspecified atom stereocenters. The van der Waals surface area contributed by atoms with Crippen LogP contribution in [-0.2, 0) is 9.59 Å². The van der Waals surface area contributed by atoms with E-state index >= 15 is 0 Å². The van der Waals surface area contributed by atoms with Crippen LogP contribution in [0.15, 0.2) is 17.8 Å². The van der Waals surface area contributed by atoms with Crippen LogP contribution >= 0.6 is 11.3 Å². The smallest absolute Gasteiger partial charge is 0.248 e. The van der Waals surface area contributed by atoms with E-state index in [9.17, 15) is 14.7 Å². The van der Waals surface area contributed by atoms with Crippen LogP contribution in [0.5, 0.6) is 0 Å². The Morgan fingerprint density at radius 1 is 1.42 bits per heavy atom. The van der Waals surface area contributed by atoms with E-state index in [0.29, 0.717) is 5.69 Å². The van der Waals surface area contributed by atoms with E-state index < -0.39 is 18.2 Å². The van der Waals surface area contributed by atoms with Gasteiger partial charge in [-0.25, -0.2) is 9.67 Å². The lowest BCUT2D eigenvalue weighted by Crippen LogP contribution is -2.48. The van der Waals surface area contributed by atoms with Crippen molar-refractivity contribution in [3.8, 4) is 10.7 Å². The first kappa shape index (κ1) is 18.5. The molecule has 0 bridgehead atoms. The van der Waals surface area contributed by atoms with E-state index in [-0.39, 0.29) is 30.7 Å². The monoisotopic (exact) mass is 378 g/mol. The normalized spacial score (nSPS) is 21.2. The molecule has 1 fully saturated rings. The molecule has 0 radical (unpaired) electrons. The number of aliphatic hydroxyl groups is 1. The zero-order valence-electron chi connectivity index (χ0n) is 14.9. The number of nitrogens with zero attached hydrogens (tertiary/aromatic N) is 5. The Morgan fingerprint density at radius 3 is 2.81 bits per heavy atom. The van der Waals surface area contributed by atoms with Gasteiger partial charge in [-0.3, -0.25) is 9.59 Å². The molecule has 0 aromatic carbocycles. The molecule has 2 N–H and O–H groups in total. The third-order valence-electron chi connectivity index (χ3n) is 4.44. The maximum Gasteiger partial charge on any atom is 0.248 e. The van der Waals surface area contributed by atoms with Crippen molar-refractivity contribution in [1.29, 1.82) is 0 Å². The van der Waals surface area contributed by atoms with Gasteiger partial charge in [-0.2, -0.15) is 0 Å². The minimum absolute atomic E-state index is 0.0728. The predicted octanol–water partition coefficient (Wildman–Crippen LogP) is 0.306. The van der Waals surface area contributed by atoms with Crippen LogP contribution in [0.1, 0.15) is 26.3 Å². The van der Waals surface area contributed by atoms with Crippen LogP contribution in [0, 0.1) is 5.92 Å². The number of carbonyl (C=O) groups is 2. The van der Waals surface area contributed by atoms with Gasteiger partial charge < -0.3 is 15.3 Å². The van der Waals surface area contributed by atoms with Crippen molar-refractivity contribution < 1.29 is 14.7 Å². The number of thiazole rings is 1. The van der Waals surface area contributed by atoms with Gasteiger partial charge >= 0.3 is 0 Å². The zero-order valence-corrected chi connectivity index (χ0v) is 15.7. The summed E-state index contributed by atoms with van der Waals surface area (Å²) >= 11 is 1.44. The van der Waals surface area contributed by atoms with Crippen molar-refractivity contribution in [2.45, 2.75) is 38.5 Å². The predicted molar refractivity (Wildman–Crippen MR) is 95.2 cm³/mol. The summed E-state index contributed by atoms with van der Waals surface area (Å²) in [5, 5.41) is 23.3. The van der Waals surface area contributed by atoms with E-state index in [1.54, 1.807) is 12.4 Å². The van der Waals surface area contributed by atoms with Gasteiger partial charge in [-0.05, 0) is 5.92 Å². The van der Waals surface area contributed by atoms with Gasteiger partial charge in [0.15, 0.2) is 0 Å². The fourth-order valence-electron chi connectivity index (χ4n) is 3.21. The maximum absolute atomic E-state index is 13.2. The largest absolute Gasteiger partial charge is 0.391 e. The quantitative estimate of drug-likeness (QED) is 0.774. The average Bonchev–Trinajstić information content (AvgIpc) is 3.33. The standard InChI is InChI=1S/C16H22N6O3S/c1-9(2)13(22-8-11(19-20-22)15-18-4-5-26-15)16(25)21-7-10(23)6-12(21)14(24)17-3/h4-5,8-10,12-13,23H,6-7H2,1-3H3,(H,17,24)/t10-,12+,13?/m1/s1. The zero-order chi connectivity index (χ0) is 18.8. The number of nitrogens with one attached hydrogen (secondary N) is 1. The van der Waals surface area contributed by atoms with Crippen LogP contribution in [0.25, 0.3) is 10.7 Å².